The number of likely N-dealkylation sites (N-methyl/N-ethyl adjacent to an activating group) is 1. The molecule has 0 fully saturated rings. The largest absolute Gasteiger partial charge is 0.493 e. The van der Waals surface area contributed by atoms with E-state index in [1.807, 2.05) is 42.5 Å². The third kappa shape index (κ3) is 5.77. The molecule has 0 unspecified atom stereocenters. The number of pyridine rings is 1. The molecule has 3 aromatic rings. The van der Waals surface area contributed by atoms with Crippen LogP contribution in [0.3, 0.4) is 0 Å². The fourth-order valence-electron chi connectivity index (χ4n) is 4.35. The normalized spacial score (nSPS) is 14.6. The van der Waals surface area contributed by atoms with E-state index in [4.69, 9.17) is 14.5 Å². The lowest BCUT2D eigenvalue weighted by atomic mass is 9.92. The minimum atomic E-state index is -0.920. The number of hydrogen-bond acceptors (Lipinski definition) is 5. The zero-order chi connectivity index (χ0) is 24.2. The van der Waals surface area contributed by atoms with Crippen molar-refractivity contribution in [2.45, 2.75) is 33.7 Å². The zero-order valence-corrected chi connectivity index (χ0v) is 21.5. The molecule has 35 heavy (non-hydrogen) atoms. The number of aromatic carboxylic acids is 1. The first-order valence-electron chi connectivity index (χ1n) is 11.8. The molecule has 7 heteroatoms. The van der Waals surface area contributed by atoms with Gasteiger partial charge in [-0.15, -0.1) is 12.4 Å². The van der Waals surface area contributed by atoms with Gasteiger partial charge in [-0.3, -0.25) is 4.90 Å². The van der Waals surface area contributed by atoms with E-state index in [2.05, 4.69) is 31.7 Å². The molecule has 6 nitrogen and oxygen atoms in total. The van der Waals surface area contributed by atoms with E-state index < -0.39 is 5.97 Å². The molecule has 0 aliphatic carbocycles. The lowest BCUT2D eigenvalue weighted by Gasteiger charge is -2.30. The summed E-state index contributed by atoms with van der Waals surface area (Å²) in [5, 5.41) is 10.8. The van der Waals surface area contributed by atoms with E-state index in [-0.39, 0.29) is 12.4 Å². The number of benzene rings is 2. The summed E-state index contributed by atoms with van der Waals surface area (Å²) < 4.78 is 11.5. The number of carboxylic acids is 1. The van der Waals surface area contributed by atoms with Crippen LogP contribution < -0.4 is 9.47 Å². The maximum Gasteiger partial charge on any atom is 0.336 e. The molecule has 0 atom stereocenters. The number of methoxy groups -OCH3 is 1. The van der Waals surface area contributed by atoms with Gasteiger partial charge in [0.25, 0.3) is 0 Å². The maximum absolute atomic E-state index is 12.3. The van der Waals surface area contributed by atoms with Crippen molar-refractivity contribution in [2.75, 3.05) is 26.8 Å². The van der Waals surface area contributed by atoms with Gasteiger partial charge in [0.2, 0.25) is 0 Å². The molecule has 0 spiro atoms. The summed E-state index contributed by atoms with van der Waals surface area (Å²) in [6, 6.07) is 13.4. The first-order valence-corrected chi connectivity index (χ1v) is 11.8. The molecule has 1 aliphatic rings. The number of fused-ring (bicyclic) bond motifs is 2. The summed E-state index contributed by atoms with van der Waals surface area (Å²) in [6.07, 6.45) is 3.05. The van der Waals surface area contributed by atoms with Gasteiger partial charge in [-0.1, -0.05) is 45.0 Å². The molecule has 0 saturated carbocycles. The van der Waals surface area contributed by atoms with Crippen molar-refractivity contribution >= 4 is 40.9 Å². The average Bonchev–Trinajstić information content (AvgIpc) is 2.82. The molecule has 186 valence electrons. The summed E-state index contributed by atoms with van der Waals surface area (Å²) in [7, 11) is 1.64. The average molecular weight is 497 g/mol. The second-order valence-electron chi connectivity index (χ2n) is 9.05. The molecule has 0 bridgehead atoms. The Morgan fingerprint density at radius 3 is 2.63 bits per heavy atom. The molecule has 0 amide bonds. The summed E-state index contributed by atoms with van der Waals surface area (Å²) in [5.41, 5.74) is 4.52. The van der Waals surface area contributed by atoms with Crippen molar-refractivity contribution in [2.24, 2.45) is 5.92 Å². The summed E-state index contributed by atoms with van der Waals surface area (Å²) in [4.78, 5) is 19.4. The highest BCUT2D eigenvalue weighted by molar-refractivity contribution is 6.06. The van der Waals surface area contributed by atoms with E-state index in [1.54, 1.807) is 7.11 Å². The molecule has 2 aromatic carbocycles. The second kappa shape index (κ2) is 11.6. The summed E-state index contributed by atoms with van der Waals surface area (Å²) in [5.74, 6) is 1.06. The summed E-state index contributed by atoms with van der Waals surface area (Å²) >= 11 is 0. The van der Waals surface area contributed by atoms with Gasteiger partial charge in [0.05, 0.1) is 30.5 Å². The van der Waals surface area contributed by atoms with E-state index in [1.165, 1.54) is 0 Å². The first-order chi connectivity index (χ1) is 16.4. The second-order valence-corrected chi connectivity index (χ2v) is 9.05. The minimum Gasteiger partial charge on any atom is -0.493 e. The number of nitrogens with zero attached hydrogens (tertiary/aromatic N) is 2. The van der Waals surface area contributed by atoms with Crippen molar-refractivity contribution in [3.8, 4) is 11.5 Å². The molecule has 2 heterocycles. The number of aromatic nitrogens is 1. The number of hydrogen-bond donors (Lipinski definition) is 1. The molecule has 1 N–H and O–H groups in total. The number of para-hydroxylation sites is 1. The predicted octanol–water partition coefficient (Wildman–Crippen LogP) is 6.16. The van der Waals surface area contributed by atoms with Crippen LogP contribution in [-0.2, 0) is 6.54 Å². The van der Waals surface area contributed by atoms with Crippen molar-refractivity contribution < 1.29 is 19.4 Å². The van der Waals surface area contributed by atoms with Crippen molar-refractivity contribution in [3.63, 3.8) is 0 Å². The number of carbonyl (C=O) groups is 1. The van der Waals surface area contributed by atoms with E-state index in [0.717, 1.165) is 41.1 Å². The van der Waals surface area contributed by atoms with Gasteiger partial charge in [-0.25, -0.2) is 9.78 Å². The van der Waals surface area contributed by atoms with Crippen LogP contribution >= 0.6 is 12.4 Å². The number of halogens is 1. The van der Waals surface area contributed by atoms with Gasteiger partial charge >= 0.3 is 5.97 Å². The van der Waals surface area contributed by atoms with Crippen LogP contribution in [0.25, 0.3) is 22.6 Å². The van der Waals surface area contributed by atoms with Crippen LogP contribution in [0.5, 0.6) is 11.5 Å². The van der Waals surface area contributed by atoms with Gasteiger partial charge < -0.3 is 14.6 Å². The smallest absolute Gasteiger partial charge is 0.336 e. The Kier molecular flexibility index (Phi) is 8.76. The Bertz CT molecular complexity index is 1240. The molecule has 4 rings (SSSR count). The number of rotatable bonds is 8. The SMILES string of the molecule is CCN1C/C(=C\c2ccc(OCCC(C)C)c(OC)c2)c2nc3ccccc3c(C(=O)O)c2C1.Cl. The first kappa shape index (κ1) is 26.5. The van der Waals surface area contributed by atoms with Crippen molar-refractivity contribution in [3.05, 3.63) is 64.8 Å². The fraction of sp³-hybridized carbons (Fsp3) is 0.357. The Balaban J connectivity index is 0.00000342. The monoisotopic (exact) mass is 496 g/mol. The Labute approximate surface area is 213 Å². The van der Waals surface area contributed by atoms with Gasteiger partial charge in [0.15, 0.2) is 11.5 Å². The van der Waals surface area contributed by atoms with Gasteiger partial charge in [-0.2, -0.15) is 0 Å². The molecule has 0 radical (unpaired) electrons. The van der Waals surface area contributed by atoms with Crippen LogP contribution in [-0.4, -0.2) is 47.8 Å². The fourth-order valence-corrected chi connectivity index (χ4v) is 4.35. The van der Waals surface area contributed by atoms with Crippen LogP contribution in [0.15, 0.2) is 42.5 Å². The van der Waals surface area contributed by atoms with Crippen LogP contribution in [0.1, 0.15) is 54.4 Å². The van der Waals surface area contributed by atoms with E-state index in [0.29, 0.717) is 47.8 Å². The minimum absolute atomic E-state index is 0. The van der Waals surface area contributed by atoms with Gasteiger partial charge in [-0.05, 0) is 54.3 Å². The van der Waals surface area contributed by atoms with Gasteiger partial charge in [0, 0.05) is 24.0 Å². The predicted molar refractivity (Wildman–Crippen MR) is 143 cm³/mol. The lowest BCUT2D eigenvalue weighted by Crippen LogP contribution is -2.31. The number of carboxylic acid groups (broad SMARTS) is 1. The van der Waals surface area contributed by atoms with Crippen LogP contribution in [0.4, 0.5) is 0 Å². The molecule has 1 aliphatic heterocycles. The maximum atomic E-state index is 12.3. The van der Waals surface area contributed by atoms with Gasteiger partial charge in [0.1, 0.15) is 0 Å². The molecular formula is C28H33ClN2O4. The molecular weight excluding hydrogens is 464 g/mol. The summed E-state index contributed by atoms with van der Waals surface area (Å²) in [6.45, 7) is 9.15. The van der Waals surface area contributed by atoms with Crippen LogP contribution in [0, 0.1) is 5.92 Å². The third-order valence-electron chi connectivity index (χ3n) is 6.22. The van der Waals surface area contributed by atoms with Crippen LogP contribution in [0.2, 0.25) is 0 Å². The Hall–Kier alpha value is -3.09. The Morgan fingerprint density at radius 1 is 1.17 bits per heavy atom. The molecule has 1 aromatic heterocycles. The zero-order valence-electron chi connectivity index (χ0n) is 20.7. The highest BCUT2D eigenvalue weighted by Crippen LogP contribution is 2.35. The number of ether oxygens (including phenoxy) is 2. The highest BCUT2D eigenvalue weighted by atomic mass is 35.5. The lowest BCUT2D eigenvalue weighted by molar-refractivity contribution is 0.0696. The van der Waals surface area contributed by atoms with Crippen molar-refractivity contribution in [1.82, 2.24) is 9.88 Å². The highest BCUT2D eigenvalue weighted by Gasteiger charge is 2.28. The van der Waals surface area contributed by atoms with E-state index >= 15 is 0 Å². The molecule has 0 saturated heterocycles. The van der Waals surface area contributed by atoms with E-state index in [9.17, 15) is 9.90 Å². The van der Waals surface area contributed by atoms with Crippen molar-refractivity contribution in [1.29, 1.82) is 0 Å². The Morgan fingerprint density at radius 2 is 1.94 bits per heavy atom. The third-order valence-corrected chi connectivity index (χ3v) is 6.22. The standard InChI is InChI=1S/C28H32N2O4.ClH/c1-5-30-16-20(14-19-10-11-24(25(15-19)33-4)34-13-12-18(2)3)27-22(17-30)26(28(31)32)21-8-6-7-9-23(21)29-27;/h6-11,14-15,18H,5,12-13,16-17H2,1-4H3,(H,31,32);1H/b20-14+;. The topological polar surface area (TPSA) is 71.9 Å². The quantitative estimate of drug-likeness (QED) is 0.402.